The first-order valence-corrected chi connectivity index (χ1v) is 6.53. The largest absolute Gasteiger partial charge is 0.481 e. The highest BCUT2D eigenvalue weighted by atomic mass is 16.4. The lowest BCUT2D eigenvalue weighted by atomic mass is 9.96. The monoisotopic (exact) mass is 247 g/mol. The third-order valence-corrected chi connectivity index (χ3v) is 3.89. The van der Waals surface area contributed by atoms with Crippen molar-refractivity contribution in [2.75, 3.05) is 11.4 Å². The predicted molar refractivity (Wildman–Crippen MR) is 73.0 cm³/mol. The number of carboxylic acid groups (broad SMARTS) is 1. The first kappa shape index (κ1) is 12.9. The van der Waals surface area contributed by atoms with E-state index >= 15 is 0 Å². The van der Waals surface area contributed by atoms with E-state index in [0.717, 1.165) is 12.1 Å². The van der Waals surface area contributed by atoms with Gasteiger partial charge in [0, 0.05) is 17.8 Å². The minimum Gasteiger partial charge on any atom is -0.481 e. The lowest BCUT2D eigenvalue weighted by Crippen LogP contribution is -2.38. The van der Waals surface area contributed by atoms with Gasteiger partial charge in [0.1, 0.15) is 0 Å². The third-order valence-electron chi connectivity index (χ3n) is 3.89. The molecule has 0 spiro atoms. The van der Waals surface area contributed by atoms with Crippen molar-refractivity contribution in [1.29, 1.82) is 0 Å². The minimum atomic E-state index is -0.684. The van der Waals surface area contributed by atoms with Crippen molar-refractivity contribution in [3.8, 4) is 0 Å². The molecule has 0 aromatic heterocycles. The Morgan fingerprint density at radius 1 is 1.39 bits per heavy atom. The molecule has 1 fully saturated rings. The van der Waals surface area contributed by atoms with E-state index in [0.29, 0.717) is 13.0 Å². The highest BCUT2D eigenvalue weighted by Gasteiger charge is 2.41. The number of carboxylic acids is 1. The Balaban J connectivity index is 2.23. The molecule has 1 aromatic carbocycles. The Hall–Kier alpha value is -1.51. The summed E-state index contributed by atoms with van der Waals surface area (Å²) in [6.07, 6.45) is 1.74. The Kier molecular flexibility index (Phi) is 3.33. The van der Waals surface area contributed by atoms with Crippen LogP contribution in [0.15, 0.2) is 24.3 Å². The number of aryl methyl sites for hydroxylation is 1. The summed E-state index contributed by atoms with van der Waals surface area (Å²) in [6.45, 7) is 6.97. The summed E-state index contributed by atoms with van der Waals surface area (Å²) in [7, 11) is 0. The molecule has 1 heterocycles. The van der Waals surface area contributed by atoms with Crippen molar-refractivity contribution in [2.45, 2.75) is 39.2 Å². The molecular weight excluding hydrogens is 226 g/mol. The number of anilines is 1. The first-order valence-electron chi connectivity index (χ1n) is 6.53. The quantitative estimate of drug-likeness (QED) is 0.892. The molecule has 18 heavy (non-hydrogen) atoms. The van der Waals surface area contributed by atoms with Gasteiger partial charge in [0.25, 0.3) is 0 Å². The summed E-state index contributed by atoms with van der Waals surface area (Å²) < 4.78 is 0. The van der Waals surface area contributed by atoms with Crippen molar-refractivity contribution in [2.24, 2.45) is 5.92 Å². The fourth-order valence-corrected chi connectivity index (χ4v) is 2.78. The summed E-state index contributed by atoms with van der Waals surface area (Å²) in [6, 6.07) is 8.45. The van der Waals surface area contributed by atoms with Gasteiger partial charge in [-0.25, -0.2) is 0 Å². The number of hydrogen-bond donors (Lipinski definition) is 1. The van der Waals surface area contributed by atoms with E-state index in [1.807, 2.05) is 0 Å². The van der Waals surface area contributed by atoms with Gasteiger partial charge in [-0.2, -0.15) is 0 Å². The standard InChI is InChI=1S/C15H21NO2/c1-4-11-5-7-13(8-6-11)16-10-12(14(17)18)9-15(16,2)3/h5-8,12H,4,9-10H2,1-3H3,(H,17,18). The average molecular weight is 247 g/mol. The molecule has 1 atom stereocenters. The van der Waals surface area contributed by atoms with Crippen LogP contribution in [0.4, 0.5) is 5.69 Å². The van der Waals surface area contributed by atoms with Gasteiger partial charge >= 0.3 is 5.97 Å². The molecule has 1 aromatic rings. The van der Waals surface area contributed by atoms with Gasteiger partial charge < -0.3 is 10.0 Å². The summed E-state index contributed by atoms with van der Waals surface area (Å²) in [5.41, 5.74) is 2.35. The Morgan fingerprint density at radius 2 is 2.00 bits per heavy atom. The van der Waals surface area contributed by atoms with Crippen LogP contribution in [0.25, 0.3) is 0 Å². The van der Waals surface area contributed by atoms with Gasteiger partial charge in [0.2, 0.25) is 0 Å². The molecule has 2 rings (SSSR count). The van der Waals surface area contributed by atoms with Crippen molar-refractivity contribution in [1.82, 2.24) is 0 Å². The molecule has 0 bridgehead atoms. The van der Waals surface area contributed by atoms with Crippen molar-refractivity contribution in [3.05, 3.63) is 29.8 Å². The maximum atomic E-state index is 11.1. The van der Waals surface area contributed by atoms with Crippen molar-refractivity contribution < 1.29 is 9.90 Å². The van der Waals surface area contributed by atoms with Crippen LogP contribution in [-0.2, 0) is 11.2 Å². The lowest BCUT2D eigenvalue weighted by molar-refractivity contribution is -0.141. The van der Waals surface area contributed by atoms with E-state index in [1.165, 1.54) is 5.56 Å². The van der Waals surface area contributed by atoms with Gasteiger partial charge in [-0.05, 0) is 44.4 Å². The van der Waals surface area contributed by atoms with Gasteiger partial charge in [0.05, 0.1) is 5.92 Å². The summed E-state index contributed by atoms with van der Waals surface area (Å²) >= 11 is 0. The molecule has 3 heteroatoms. The minimum absolute atomic E-state index is 0.0865. The smallest absolute Gasteiger partial charge is 0.308 e. The van der Waals surface area contributed by atoms with E-state index in [4.69, 9.17) is 5.11 Å². The van der Waals surface area contributed by atoms with Crippen molar-refractivity contribution in [3.63, 3.8) is 0 Å². The van der Waals surface area contributed by atoms with Crippen LogP contribution in [0.2, 0.25) is 0 Å². The molecule has 1 aliphatic rings. The fraction of sp³-hybridized carbons (Fsp3) is 0.533. The number of carbonyl (C=O) groups is 1. The van der Waals surface area contributed by atoms with Crippen molar-refractivity contribution >= 4 is 11.7 Å². The van der Waals surface area contributed by atoms with Gasteiger partial charge in [-0.1, -0.05) is 19.1 Å². The Labute approximate surface area is 108 Å². The zero-order valence-corrected chi connectivity index (χ0v) is 11.3. The second-order valence-corrected chi connectivity index (χ2v) is 5.68. The van der Waals surface area contributed by atoms with Gasteiger partial charge in [-0.3, -0.25) is 4.79 Å². The van der Waals surface area contributed by atoms with Crippen LogP contribution in [0.1, 0.15) is 32.8 Å². The molecule has 1 N–H and O–H groups in total. The Morgan fingerprint density at radius 3 is 2.44 bits per heavy atom. The van der Waals surface area contributed by atoms with Gasteiger partial charge in [0.15, 0.2) is 0 Å². The van der Waals surface area contributed by atoms with E-state index in [2.05, 4.69) is 49.9 Å². The topological polar surface area (TPSA) is 40.5 Å². The SMILES string of the molecule is CCc1ccc(N2CC(C(=O)O)CC2(C)C)cc1. The number of aliphatic carboxylic acids is 1. The summed E-state index contributed by atoms with van der Waals surface area (Å²) in [5.74, 6) is -0.943. The lowest BCUT2D eigenvalue weighted by Gasteiger charge is -2.33. The normalized spacial score (nSPS) is 22.2. The molecule has 98 valence electrons. The van der Waals surface area contributed by atoms with Crippen LogP contribution in [0.3, 0.4) is 0 Å². The maximum Gasteiger partial charge on any atom is 0.308 e. The first-order chi connectivity index (χ1) is 8.44. The molecular formula is C15H21NO2. The Bertz CT molecular complexity index is 436. The average Bonchev–Trinajstić information content (AvgIpc) is 2.65. The maximum absolute atomic E-state index is 11.1. The number of hydrogen-bond acceptors (Lipinski definition) is 2. The molecule has 0 radical (unpaired) electrons. The predicted octanol–water partition coefficient (Wildman–Crippen LogP) is 2.94. The van der Waals surface area contributed by atoms with Crippen LogP contribution < -0.4 is 4.90 Å². The van der Waals surface area contributed by atoms with Crippen LogP contribution in [0.5, 0.6) is 0 Å². The number of rotatable bonds is 3. The van der Waals surface area contributed by atoms with E-state index in [1.54, 1.807) is 0 Å². The fourth-order valence-electron chi connectivity index (χ4n) is 2.78. The zero-order chi connectivity index (χ0) is 13.3. The summed E-state index contributed by atoms with van der Waals surface area (Å²) in [4.78, 5) is 13.4. The third kappa shape index (κ3) is 2.35. The number of nitrogens with zero attached hydrogens (tertiary/aromatic N) is 1. The van der Waals surface area contributed by atoms with Crippen LogP contribution >= 0.6 is 0 Å². The van der Waals surface area contributed by atoms with Crippen LogP contribution in [0, 0.1) is 5.92 Å². The van der Waals surface area contributed by atoms with E-state index in [-0.39, 0.29) is 11.5 Å². The molecule has 0 aliphatic carbocycles. The highest BCUT2D eigenvalue weighted by Crippen LogP contribution is 2.36. The molecule has 0 saturated carbocycles. The molecule has 0 amide bonds. The second kappa shape index (κ2) is 4.63. The highest BCUT2D eigenvalue weighted by molar-refractivity contribution is 5.73. The van der Waals surface area contributed by atoms with Crippen LogP contribution in [-0.4, -0.2) is 23.2 Å². The van der Waals surface area contributed by atoms with E-state index < -0.39 is 5.97 Å². The molecule has 3 nitrogen and oxygen atoms in total. The molecule has 1 unspecified atom stereocenters. The van der Waals surface area contributed by atoms with E-state index in [9.17, 15) is 4.79 Å². The number of benzene rings is 1. The molecule has 1 aliphatic heterocycles. The van der Waals surface area contributed by atoms with Gasteiger partial charge in [-0.15, -0.1) is 0 Å². The second-order valence-electron chi connectivity index (χ2n) is 5.68. The molecule has 1 saturated heterocycles. The summed E-state index contributed by atoms with van der Waals surface area (Å²) in [5, 5.41) is 9.17. The zero-order valence-electron chi connectivity index (χ0n) is 11.3.